The number of piperazine rings is 1. The fraction of sp³-hybridized carbons (Fsp3) is 0.373. The van der Waals surface area contributed by atoms with Gasteiger partial charge < -0.3 is 38.4 Å². The highest BCUT2D eigenvalue weighted by Gasteiger charge is 2.50. The van der Waals surface area contributed by atoms with Gasteiger partial charge in [-0.1, -0.05) is 12.1 Å². The first kappa shape index (κ1) is 59.1. The molecule has 12 rings (SSSR count). The molecule has 0 amide bonds. The number of carboxylic acid groups (broad SMARTS) is 1. The van der Waals surface area contributed by atoms with E-state index in [9.17, 15) is 37.1 Å². The van der Waals surface area contributed by atoms with Gasteiger partial charge in [-0.05, 0) is 139 Å². The Hall–Kier alpha value is -8.20. The molecule has 1 aliphatic carbocycles. The average Bonchev–Trinajstić information content (AvgIpc) is 1.45. The van der Waals surface area contributed by atoms with Crippen LogP contribution in [0.4, 0.5) is 49.1 Å². The van der Waals surface area contributed by atoms with E-state index in [0.717, 1.165) is 107 Å². The minimum absolute atomic E-state index is 0.00243. The van der Waals surface area contributed by atoms with Crippen LogP contribution in [0.15, 0.2) is 118 Å². The van der Waals surface area contributed by atoms with Crippen molar-refractivity contribution in [3.05, 3.63) is 154 Å². The van der Waals surface area contributed by atoms with Crippen LogP contribution in [0.5, 0.6) is 5.75 Å². The predicted octanol–water partition coefficient (Wildman–Crippen LogP) is 11.8. The second-order valence-corrected chi connectivity index (χ2v) is 23.2. The van der Waals surface area contributed by atoms with Gasteiger partial charge in [-0.25, -0.2) is 22.5 Å². The molecule has 3 saturated heterocycles. The Balaban J connectivity index is 0.551. The van der Waals surface area contributed by atoms with Gasteiger partial charge in [-0.15, -0.1) is 0 Å². The number of halogens is 6. The number of aliphatic imine (C=N–C) groups is 2. The molecule has 6 heterocycles. The summed E-state index contributed by atoms with van der Waals surface area (Å²) in [5.41, 5.74) is 9.41. The number of carbonyl (C=O) groups is 3. The zero-order valence-electron chi connectivity index (χ0n) is 48.1. The van der Waals surface area contributed by atoms with Crippen molar-refractivity contribution in [1.82, 2.24) is 9.48 Å². The maximum Gasteiger partial charge on any atom is 0.361 e. The number of aromatic carboxylic acids is 1. The van der Waals surface area contributed by atoms with Crippen LogP contribution in [0.2, 0.25) is 0 Å². The number of hydrogen-bond donors (Lipinski definition) is 1. The number of ketones is 2. The van der Waals surface area contributed by atoms with Gasteiger partial charge in [0, 0.05) is 105 Å². The molecule has 5 aromatic carbocycles. The number of anilines is 2. The van der Waals surface area contributed by atoms with E-state index in [4.69, 9.17) is 28.6 Å². The van der Waals surface area contributed by atoms with Crippen molar-refractivity contribution < 1.29 is 64.5 Å². The molecule has 0 saturated carbocycles. The summed E-state index contributed by atoms with van der Waals surface area (Å²) < 4.78 is 112. The first-order chi connectivity index (χ1) is 41.9. The summed E-state index contributed by atoms with van der Waals surface area (Å²) in [6, 6.07) is 29.3. The van der Waals surface area contributed by atoms with Gasteiger partial charge in [0.15, 0.2) is 11.6 Å². The second-order valence-electron chi connectivity index (χ2n) is 23.2. The third kappa shape index (κ3) is 13.2. The largest absolute Gasteiger partial charge is 0.494 e. The van der Waals surface area contributed by atoms with Crippen LogP contribution in [0.3, 0.4) is 0 Å². The topological polar surface area (TPSA) is 150 Å². The Morgan fingerprint density at radius 3 is 2.01 bits per heavy atom. The molecule has 7 aliphatic rings. The summed E-state index contributed by atoms with van der Waals surface area (Å²) in [5, 5.41) is 10.1. The molecule has 452 valence electrons. The molecule has 1 N–H and O–H groups in total. The fourth-order valence-electron chi connectivity index (χ4n) is 12.0. The van der Waals surface area contributed by atoms with E-state index in [1.165, 1.54) is 47.1 Å². The maximum atomic E-state index is 15.8. The maximum absolute atomic E-state index is 15.8. The molecule has 3 fully saturated rings. The smallest absolute Gasteiger partial charge is 0.361 e. The number of benzene rings is 6. The highest BCUT2D eigenvalue weighted by molar-refractivity contribution is 6.11. The molecule has 0 spiro atoms. The Bertz CT molecular complexity index is 3910. The number of alkyl halides is 4. The predicted molar refractivity (Wildman–Crippen MR) is 320 cm³/mol. The molecule has 0 aromatic heterocycles. The van der Waals surface area contributed by atoms with Crippen LogP contribution in [0.1, 0.15) is 87.9 Å². The van der Waals surface area contributed by atoms with Gasteiger partial charge in [-0.3, -0.25) is 19.6 Å². The Labute approximate surface area is 498 Å². The molecule has 5 aromatic rings. The van der Waals surface area contributed by atoms with Crippen molar-refractivity contribution in [2.45, 2.75) is 69.6 Å². The van der Waals surface area contributed by atoms with Gasteiger partial charge in [0.05, 0.1) is 73.0 Å². The molecule has 14 nitrogen and oxygen atoms in total. The van der Waals surface area contributed by atoms with Crippen LogP contribution in [0.25, 0.3) is 33.4 Å². The van der Waals surface area contributed by atoms with E-state index < -0.39 is 55.6 Å². The van der Waals surface area contributed by atoms with Crippen LogP contribution in [-0.2, 0) is 27.1 Å². The van der Waals surface area contributed by atoms with Gasteiger partial charge in [0.25, 0.3) is 5.92 Å². The van der Waals surface area contributed by atoms with Gasteiger partial charge in [-0.2, -0.15) is 13.2 Å². The van der Waals surface area contributed by atoms with Gasteiger partial charge in [0.1, 0.15) is 28.7 Å². The Kier molecular flexibility index (Phi) is 16.9. The first-order valence-electron chi connectivity index (χ1n) is 29.6. The quantitative estimate of drug-likeness (QED) is 0.0202. The van der Waals surface area contributed by atoms with E-state index in [1.54, 1.807) is 0 Å². The molecule has 0 radical (unpaired) electrons. The van der Waals surface area contributed by atoms with Crippen LogP contribution in [-0.4, -0.2) is 143 Å². The number of hydrogen-bond acceptors (Lipinski definition) is 12. The van der Waals surface area contributed by atoms with Crippen molar-refractivity contribution in [2.75, 3.05) is 102 Å². The molecule has 87 heavy (non-hydrogen) atoms. The standard InChI is InChI=1S/C67H64F6N6O8/c1-76-19-21-77(22-20-76)46-13-18-56-45(29-46)32-58(75-56)42-12-17-55-44(28-42)31-57(74-55)41-9-14-48(15-10-41)86-25-3-2-6-47(80)7-4-23-84-26-27-85-24-5-8-61(81)43-11-16-49(65(82)83)50(30-43)64-51-33-53(68)59(78-37-66(70,71)38-78)35-62(51)87-63-36-60(54(69)34-52(63)64)79-39-67(72,73)40-79/h9-18,28-30,33-36H,2-8,19-27,31-32,37-40H2,1H3/p+1. The lowest BCUT2D eigenvalue weighted by Gasteiger charge is -2.40. The summed E-state index contributed by atoms with van der Waals surface area (Å²) in [5.74, 6) is -8.92. The number of likely N-dealkylation sites (N-methyl/N-ethyl adjacent to an activating group) is 1. The zero-order chi connectivity index (χ0) is 60.6. The van der Waals surface area contributed by atoms with Gasteiger partial charge in [0.2, 0.25) is 18.4 Å². The van der Waals surface area contributed by atoms with Crippen LogP contribution >= 0.6 is 0 Å². The van der Waals surface area contributed by atoms with E-state index >= 15 is 8.78 Å². The molecular formula is C67H65F6N6O8+. The lowest BCUT2D eigenvalue weighted by molar-refractivity contribution is -0.119. The zero-order valence-corrected chi connectivity index (χ0v) is 48.1. The van der Waals surface area contributed by atoms with Gasteiger partial charge >= 0.3 is 11.9 Å². The monoisotopic (exact) mass is 1200 g/mol. The van der Waals surface area contributed by atoms with E-state index in [-0.39, 0.29) is 93.4 Å². The average molecular weight is 1200 g/mol. The van der Waals surface area contributed by atoms with Crippen molar-refractivity contribution in [3.63, 3.8) is 0 Å². The summed E-state index contributed by atoms with van der Waals surface area (Å²) >= 11 is 0. The third-order valence-electron chi connectivity index (χ3n) is 16.8. The third-order valence-corrected chi connectivity index (χ3v) is 16.8. The van der Waals surface area contributed by atoms with E-state index in [2.05, 4.69) is 53.2 Å². The molecule has 0 bridgehead atoms. The number of rotatable bonds is 24. The number of Topliss-reactive ketones (excluding diaryl/α,β-unsaturated/α-hetero) is 2. The summed E-state index contributed by atoms with van der Waals surface area (Å²) in [6.07, 6.45) is 4.71. The number of carboxylic acids is 1. The summed E-state index contributed by atoms with van der Waals surface area (Å²) in [7, 11) is 2.17. The lowest BCUT2D eigenvalue weighted by Crippen LogP contribution is -2.58. The highest BCUT2D eigenvalue weighted by Crippen LogP contribution is 2.45. The number of unbranched alkanes of at least 4 members (excludes halogenated alkanes) is 1. The molecule has 0 atom stereocenters. The van der Waals surface area contributed by atoms with E-state index in [1.807, 2.05) is 24.3 Å². The summed E-state index contributed by atoms with van der Waals surface area (Å²) in [4.78, 5) is 54.8. The summed E-state index contributed by atoms with van der Waals surface area (Å²) in [6.45, 7) is 2.77. The van der Waals surface area contributed by atoms with Crippen molar-refractivity contribution in [3.8, 4) is 28.2 Å². The Morgan fingerprint density at radius 1 is 0.644 bits per heavy atom. The number of nitrogens with zero attached hydrogens (tertiary/aromatic N) is 6. The number of carbonyl (C=O) groups excluding carboxylic acids is 2. The lowest BCUT2D eigenvalue weighted by atomic mass is 9.88. The van der Waals surface area contributed by atoms with Crippen LogP contribution in [0, 0.1) is 11.6 Å². The van der Waals surface area contributed by atoms with Crippen molar-refractivity contribution >= 4 is 62.7 Å². The van der Waals surface area contributed by atoms with Crippen LogP contribution < -0.4 is 24.5 Å². The number of ether oxygens (including phenoxy) is 3. The molecule has 20 heteroatoms. The Morgan fingerprint density at radius 2 is 1.31 bits per heavy atom. The fourth-order valence-corrected chi connectivity index (χ4v) is 12.0. The molecule has 0 unspecified atom stereocenters. The normalized spacial score (nSPS) is 16.8. The highest BCUT2D eigenvalue weighted by atomic mass is 19.3. The van der Waals surface area contributed by atoms with E-state index in [0.29, 0.717) is 45.3 Å². The first-order valence-corrected chi connectivity index (χ1v) is 29.6. The number of fused-ring (bicyclic) bond motifs is 4. The molecular weight excluding hydrogens is 1130 g/mol. The minimum Gasteiger partial charge on any atom is -0.494 e. The molecule has 6 aliphatic heterocycles. The SMILES string of the molecule is CN1CCN(c2ccc3c(c2)CC(c2ccc4c(c2)CC(c2ccc(OCCCCC(=O)CCCOCCOCCCC(=O)c5ccc(C(=O)O)c(-c6c7cc(F)c(=[N+]8CC(F)(F)C8)cc-7oc7cc(N8CC(F)(F)C8)c(F)cc67)c5)cc2)=N4)=N3)CC1. The van der Waals surface area contributed by atoms with Crippen molar-refractivity contribution in [1.29, 1.82) is 0 Å². The van der Waals surface area contributed by atoms with Crippen molar-refractivity contribution in [2.24, 2.45) is 9.98 Å². The minimum atomic E-state index is -3.04. The second kappa shape index (κ2) is 24.9.